The number of rotatable bonds is 2. The monoisotopic (exact) mass is 298 g/mol. The van der Waals surface area contributed by atoms with Crippen LogP contribution in [-0.4, -0.2) is 40.9 Å². The summed E-state index contributed by atoms with van der Waals surface area (Å²) in [6.45, 7) is 3.03. The van der Waals surface area contributed by atoms with E-state index in [9.17, 15) is 4.39 Å². The molecule has 0 saturated carbocycles. The van der Waals surface area contributed by atoms with E-state index < -0.39 is 0 Å². The maximum atomic E-state index is 13.4. The third-order valence-electron chi connectivity index (χ3n) is 3.80. The number of anilines is 1. The number of ether oxygens (including phenoxy) is 1. The summed E-state index contributed by atoms with van der Waals surface area (Å²) in [4.78, 5) is 6.68. The molecular weight excluding hydrogens is 283 g/mol. The Labute approximate surface area is 127 Å². The first kappa shape index (κ1) is 13.2. The van der Waals surface area contributed by atoms with Gasteiger partial charge in [0.1, 0.15) is 11.3 Å². The van der Waals surface area contributed by atoms with E-state index in [1.807, 2.05) is 18.3 Å². The number of hydrogen-bond acceptors (Lipinski definition) is 4. The van der Waals surface area contributed by atoms with Crippen molar-refractivity contribution in [3.63, 3.8) is 0 Å². The van der Waals surface area contributed by atoms with Gasteiger partial charge in [0.25, 0.3) is 0 Å². The lowest BCUT2D eigenvalue weighted by molar-refractivity contribution is 0.122. The quantitative estimate of drug-likeness (QED) is 0.728. The molecule has 0 unspecified atom stereocenters. The van der Waals surface area contributed by atoms with E-state index in [-0.39, 0.29) is 5.82 Å². The first-order chi connectivity index (χ1) is 10.8. The molecule has 0 aliphatic carbocycles. The summed E-state index contributed by atoms with van der Waals surface area (Å²) in [6.07, 6.45) is 3.54. The van der Waals surface area contributed by atoms with Crippen LogP contribution in [0.3, 0.4) is 0 Å². The smallest absolute Gasteiger partial charge is 0.154 e. The summed E-state index contributed by atoms with van der Waals surface area (Å²) in [7, 11) is 0. The van der Waals surface area contributed by atoms with Crippen molar-refractivity contribution in [1.82, 2.24) is 14.6 Å². The molecule has 1 saturated heterocycles. The van der Waals surface area contributed by atoms with E-state index >= 15 is 0 Å². The lowest BCUT2D eigenvalue weighted by Gasteiger charge is -2.27. The second kappa shape index (κ2) is 5.38. The van der Waals surface area contributed by atoms with Gasteiger partial charge in [0.15, 0.2) is 5.82 Å². The van der Waals surface area contributed by atoms with Crippen molar-refractivity contribution in [2.45, 2.75) is 0 Å². The summed E-state index contributed by atoms with van der Waals surface area (Å²) in [5.74, 6) is 0.627. The molecule has 3 heterocycles. The lowest BCUT2D eigenvalue weighted by atomic mass is 10.1. The van der Waals surface area contributed by atoms with Crippen LogP contribution < -0.4 is 4.90 Å². The summed E-state index contributed by atoms with van der Waals surface area (Å²) in [6, 6.07) is 8.42. The topological polar surface area (TPSA) is 42.7 Å². The van der Waals surface area contributed by atoms with Crippen LogP contribution in [-0.2, 0) is 4.74 Å². The first-order valence-corrected chi connectivity index (χ1v) is 7.24. The number of benzene rings is 1. The fourth-order valence-corrected chi connectivity index (χ4v) is 2.72. The van der Waals surface area contributed by atoms with Gasteiger partial charge in [-0.25, -0.2) is 13.9 Å². The van der Waals surface area contributed by atoms with Gasteiger partial charge >= 0.3 is 0 Å². The molecule has 1 aromatic carbocycles. The molecule has 4 rings (SSSR count). The standard InChI is InChI=1S/C16H15FN4O/c17-13-3-1-2-12(10-13)14-11-15-16(18-4-5-21(15)19-14)20-6-8-22-9-7-20/h1-5,10-11H,6-9H2. The Bertz CT molecular complexity index is 811. The minimum atomic E-state index is -0.263. The minimum Gasteiger partial charge on any atom is -0.378 e. The molecule has 0 bridgehead atoms. The van der Waals surface area contributed by atoms with Gasteiger partial charge in [0.05, 0.1) is 18.9 Å². The second-order valence-electron chi connectivity index (χ2n) is 5.22. The van der Waals surface area contributed by atoms with E-state index in [2.05, 4.69) is 15.0 Å². The zero-order chi connectivity index (χ0) is 14.9. The molecule has 0 spiro atoms. The van der Waals surface area contributed by atoms with Gasteiger partial charge in [-0.05, 0) is 18.2 Å². The van der Waals surface area contributed by atoms with Crippen LogP contribution in [0.2, 0.25) is 0 Å². The molecule has 6 heteroatoms. The lowest BCUT2D eigenvalue weighted by Crippen LogP contribution is -2.37. The van der Waals surface area contributed by atoms with Crippen molar-refractivity contribution >= 4 is 11.3 Å². The average molecular weight is 298 g/mol. The van der Waals surface area contributed by atoms with Gasteiger partial charge in [-0.2, -0.15) is 5.10 Å². The Morgan fingerprint density at radius 2 is 2.00 bits per heavy atom. The van der Waals surface area contributed by atoms with Crippen LogP contribution in [0.4, 0.5) is 10.2 Å². The predicted octanol–water partition coefficient (Wildman–Crippen LogP) is 2.37. The number of fused-ring (bicyclic) bond motifs is 1. The SMILES string of the molecule is Fc1cccc(-c2cc3c(N4CCOCC4)nccn3n2)c1. The highest BCUT2D eigenvalue weighted by Gasteiger charge is 2.17. The molecule has 0 radical (unpaired) electrons. The van der Waals surface area contributed by atoms with E-state index in [4.69, 9.17) is 4.74 Å². The van der Waals surface area contributed by atoms with Gasteiger partial charge in [-0.15, -0.1) is 0 Å². The van der Waals surface area contributed by atoms with Crippen LogP contribution in [0.5, 0.6) is 0 Å². The molecule has 3 aromatic rings. The highest BCUT2D eigenvalue weighted by molar-refractivity contribution is 5.75. The van der Waals surface area contributed by atoms with Crippen LogP contribution >= 0.6 is 0 Å². The predicted molar refractivity (Wildman–Crippen MR) is 81.4 cm³/mol. The zero-order valence-corrected chi connectivity index (χ0v) is 11.9. The zero-order valence-electron chi connectivity index (χ0n) is 11.9. The van der Waals surface area contributed by atoms with Crippen molar-refractivity contribution < 1.29 is 9.13 Å². The minimum absolute atomic E-state index is 0.263. The summed E-state index contributed by atoms with van der Waals surface area (Å²) in [5, 5.41) is 4.53. The van der Waals surface area contributed by atoms with Gasteiger partial charge < -0.3 is 9.64 Å². The molecule has 22 heavy (non-hydrogen) atoms. The normalized spacial score (nSPS) is 15.4. The Morgan fingerprint density at radius 3 is 2.82 bits per heavy atom. The highest BCUT2D eigenvalue weighted by Crippen LogP contribution is 2.25. The van der Waals surface area contributed by atoms with E-state index in [0.29, 0.717) is 13.2 Å². The third-order valence-corrected chi connectivity index (χ3v) is 3.80. The molecule has 112 valence electrons. The molecule has 1 aliphatic rings. The molecule has 1 fully saturated rings. The van der Waals surface area contributed by atoms with Crippen molar-refractivity contribution in [3.8, 4) is 11.3 Å². The molecule has 0 amide bonds. The summed E-state index contributed by atoms with van der Waals surface area (Å²) in [5.41, 5.74) is 2.42. The number of morpholine rings is 1. The second-order valence-corrected chi connectivity index (χ2v) is 5.22. The molecule has 2 aromatic heterocycles. The Kier molecular flexibility index (Phi) is 3.23. The van der Waals surface area contributed by atoms with Crippen LogP contribution in [0, 0.1) is 5.82 Å². The van der Waals surface area contributed by atoms with E-state index in [1.54, 1.807) is 16.8 Å². The first-order valence-electron chi connectivity index (χ1n) is 7.24. The van der Waals surface area contributed by atoms with Crippen LogP contribution in [0.1, 0.15) is 0 Å². The maximum Gasteiger partial charge on any atom is 0.154 e. The maximum absolute atomic E-state index is 13.4. The van der Waals surface area contributed by atoms with Crippen molar-refractivity contribution in [2.75, 3.05) is 31.2 Å². The number of halogens is 1. The van der Waals surface area contributed by atoms with Crippen molar-refractivity contribution in [1.29, 1.82) is 0 Å². The molecular formula is C16H15FN4O. The molecule has 0 atom stereocenters. The van der Waals surface area contributed by atoms with Crippen LogP contribution in [0.15, 0.2) is 42.7 Å². The Morgan fingerprint density at radius 1 is 1.14 bits per heavy atom. The van der Waals surface area contributed by atoms with Crippen LogP contribution in [0.25, 0.3) is 16.8 Å². The fourth-order valence-electron chi connectivity index (χ4n) is 2.72. The van der Waals surface area contributed by atoms with E-state index in [1.165, 1.54) is 12.1 Å². The average Bonchev–Trinajstić information content (AvgIpc) is 3.00. The van der Waals surface area contributed by atoms with Gasteiger partial charge in [0, 0.05) is 31.0 Å². The third kappa shape index (κ3) is 2.31. The Balaban J connectivity index is 1.80. The largest absolute Gasteiger partial charge is 0.378 e. The van der Waals surface area contributed by atoms with E-state index in [0.717, 1.165) is 35.7 Å². The summed E-state index contributed by atoms with van der Waals surface area (Å²) >= 11 is 0. The van der Waals surface area contributed by atoms with Crippen molar-refractivity contribution in [2.24, 2.45) is 0 Å². The van der Waals surface area contributed by atoms with Gasteiger partial charge in [-0.1, -0.05) is 12.1 Å². The fraction of sp³-hybridized carbons (Fsp3) is 0.250. The van der Waals surface area contributed by atoms with Gasteiger partial charge in [-0.3, -0.25) is 0 Å². The molecule has 1 aliphatic heterocycles. The number of hydrogen-bond donors (Lipinski definition) is 0. The summed E-state index contributed by atoms with van der Waals surface area (Å²) < 4.78 is 20.6. The number of aromatic nitrogens is 3. The number of nitrogens with zero attached hydrogens (tertiary/aromatic N) is 4. The highest BCUT2D eigenvalue weighted by atomic mass is 19.1. The Hall–Kier alpha value is -2.47. The molecule has 0 N–H and O–H groups in total. The molecule has 5 nitrogen and oxygen atoms in total. The van der Waals surface area contributed by atoms with Gasteiger partial charge in [0.2, 0.25) is 0 Å². The van der Waals surface area contributed by atoms with Crippen molar-refractivity contribution in [3.05, 3.63) is 48.5 Å².